The number of benzene rings is 1. The molecule has 2 rings (SSSR count). The minimum absolute atomic E-state index is 0.0443. The first kappa shape index (κ1) is 25.4. The zero-order valence-corrected chi connectivity index (χ0v) is 17.8. The van der Waals surface area contributed by atoms with E-state index in [9.17, 15) is 28.3 Å². The average molecular weight is 459 g/mol. The van der Waals surface area contributed by atoms with Gasteiger partial charge in [0.15, 0.2) is 6.04 Å². The fraction of sp³-hybridized carbons (Fsp3) is 0.550. The highest BCUT2D eigenvalue weighted by Crippen LogP contribution is 2.23. The van der Waals surface area contributed by atoms with E-state index in [1.54, 1.807) is 0 Å². The van der Waals surface area contributed by atoms with Gasteiger partial charge < -0.3 is 30.0 Å². The molecule has 3 atom stereocenters. The molecule has 1 aliphatic rings. The number of amides is 2. The van der Waals surface area contributed by atoms with Crippen LogP contribution < -0.4 is 15.4 Å². The number of aliphatic hydroxyl groups excluding tert-OH is 1. The van der Waals surface area contributed by atoms with Crippen LogP contribution in [0.2, 0.25) is 0 Å². The largest absolute Gasteiger partial charge is 0.467 e. The van der Waals surface area contributed by atoms with Gasteiger partial charge in [-0.3, -0.25) is 14.5 Å². The third-order valence-electron chi connectivity index (χ3n) is 4.74. The maximum Gasteiger partial charge on any atom is 0.387 e. The second-order valence-corrected chi connectivity index (χ2v) is 7.08. The van der Waals surface area contributed by atoms with Gasteiger partial charge in [-0.1, -0.05) is 12.1 Å². The highest BCUT2D eigenvalue weighted by Gasteiger charge is 2.32. The fourth-order valence-corrected chi connectivity index (χ4v) is 3.05. The summed E-state index contributed by atoms with van der Waals surface area (Å²) in [6, 6.07) is 2.52. The van der Waals surface area contributed by atoms with E-state index in [1.165, 1.54) is 25.1 Å². The van der Waals surface area contributed by atoms with Crippen molar-refractivity contribution in [2.24, 2.45) is 0 Å². The molecule has 3 N–H and O–H groups in total. The average Bonchev–Trinajstić information content (AvgIpc) is 2.76. The number of esters is 1. The van der Waals surface area contributed by atoms with Gasteiger partial charge in [0.1, 0.15) is 17.9 Å². The maximum atomic E-state index is 12.5. The van der Waals surface area contributed by atoms with Crippen LogP contribution in [-0.4, -0.2) is 86.4 Å². The zero-order valence-electron chi connectivity index (χ0n) is 17.8. The van der Waals surface area contributed by atoms with Crippen LogP contribution in [-0.2, 0) is 23.9 Å². The number of nitrogens with one attached hydrogen (secondary N) is 2. The molecule has 1 fully saturated rings. The summed E-state index contributed by atoms with van der Waals surface area (Å²) in [7, 11) is 1.07. The molecule has 1 heterocycles. The van der Waals surface area contributed by atoms with Crippen molar-refractivity contribution >= 4 is 17.8 Å². The number of rotatable bonds is 10. The Labute approximate surface area is 183 Å². The minimum Gasteiger partial charge on any atom is -0.467 e. The monoisotopic (exact) mass is 459 g/mol. The number of carbonyl (C=O) groups excluding carboxylic acids is 3. The van der Waals surface area contributed by atoms with Crippen molar-refractivity contribution in [3.05, 3.63) is 29.8 Å². The van der Waals surface area contributed by atoms with Crippen LogP contribution in [0.3, 0.4) is 0 Å². The van der Waals surface area contributed by atoms with E-state index in [4.69, 9.17) is 4.74 Å². The van der Waals surface area contributed by atoms with E-state index >= 15 is 0 Å². The molecule has 0 radical (unpaired) electrons. The Morgan fingerprint density at radius 1 is 1.22 bits per heavy atom. The van der Waals surface area contributed by atoms with Crippen LogP contribution in [0.1, 0.15) is 18.6 Å². The second kappa shape index (κ2) is 12.3. The first-order valence-electron chi connectivity index (χ1n) is 9.91. The zero-order chi connectivity index (χ0) is 23.7. The number of methoxy groups -OCH3 is 1. The molecular formula is C20H27F2N3O7. The van der Waals surface area contributed by atoms with Crippen molar-refractivity contribution < 1.29 is 42.5 Å². The number of nitrogens with zero attached hydrogens (tertiary/aromatic N) is 1. The normalized spacial score (nSPS) is 17.2. The second-order valence-electron chi connectivity index (χ2n) is 7.08. The number of aliphatic hydroxyl groups is 1. The number of alkyl halides is 2. The molecule has 1 aliphatic heterocycles. The van der Waals surface area contributed by atoms with Crippen LogP contribution in [0.25, 0.3) is 0 Å². The third-order valence-corrected chi connectivity index (χ3v) is 4.74. The number of ether oxygens (including phenoxy) is 3. The summed E-state index contributed by atoms with van der Waals surface area (Å²) in [6.45, 7) is 0.667. The molecule has 0 bridgehead atoms. The number of hydrogen-bond donors (Lipinski definition) is 3. The van der Waals surface area contributed by atoms with Crippen molar-refractivity contribution in [3.8, 4) is 5.75 Å². The number of morpholine rings is 1. The molecule has 0 unspecified atom stereocenters. The SMILES string of the molecule is COC(=O)[C@@H](NC(=O)[C@H](C)NC(=O)CN1CCOCC1)[C@H](O)c1cccc(OC(F)F)c1. The molecule has 0 saturated carbocycles. The van der Waals surface area contributed by atoms with Crippen LogP contribution >= 0.6 is 0 Å². The summed E-state index contributed by atoms with van der Waals surface area (Å²) in [5, 5.41) is 15.5. The van der Waals surface area contributed by atoms with Gasteiger partial charge in [-0.05, 0) is 24.6 Å². The Bertz CT molecular complexity index is 790. The lowest BCUT2D eigenvalue weighted by Crippen LogP contribution is -2.54. The molecule has 1 aromatic carbocycles. The topological polar surface area (TPSA) is 126 Å². The Balaban J connectivity index is 2.01. The Kier molecular flexibility index (Phi) is 9.75. The van der Waals surface area contributed by atoms with E-state index < -0.39 is 36.7 Å². The van der Waals surface area contributed by atoms with Gasteiger partial charge in [0.05, 0.1) is 26.9 Å². The van der Waals surface area contributed by atoms with Crippen LogP contribution in [0.5, 0.6) is 5.75 Å². The van der Waals surface area contributed by atoms with Crippen molar-refractivity contribution in [2.45, 2.75) is 31.7 Å². The first-order valence-corrected chi connectivity index (χ1v) is 9.91. The van der Waals surface area contributed by atoms with E-state index in [2.05, 4.69) is 20.1 Å². The highest BCUT2D eigenvalue weighted by molar-refractivity contribution is 5.91. The lowest BCUT2D eigenvalue weighted by Gasteiger charge is -2.27. The lowest BCUT2D eigenvalue weighted by atomic mass is 10.0. The van der Waals surface area contributed by atoms with Crippen molar-refractivity contribution in [1.29, 1.82) is 0 Å². The predicted molar refractivity (Wildman–Crippen MR) is 107 cm³/mol. The molecule has 1 aromatic rings. The molecule has 0 aliphatic carbocycles. The van der Waals surface area contributed by atoms with Gasteiger partial charge in [-0.25, -0.2) is 4.79 Å². The molecule has 12 heteroatoms. The molecule has 2 amide bonds. The third kappa shape index (κ3) is 7.70. The van der Waals surface area contributed by atoms with E-state index in [-0.39, 0.29) is 23.8 Å². The molecule has 10 nitrogen and oxygen atoms in total. The minimum atomic E-state index is -3.07. The van der Waals surface area contributed by atoms with Gasteiger partial charge in [0.2, 0.25) is 11.8 Å². The number of halogens is 2. The van der Waals surface area contributed by atoms with Gasteiger partial charge in [0, 0.05) is 13.1 Å². The molecule has 1 saturated heterocycles. The summed E-state index contributed by atoms with van der Waals surface area (Å²) < 4.78 is 39.0. The van der Waals surface area contributed by atoms with Crippen molar-refractivity contribution in [1.82, 2.24) is 15.5 Å². The number of hydrogen-bond acceptors (Lipinski definition) is 8. The van der Waals surface area contributed by atoms with E-state index in [0.717, 1.165) is 13.2 Å². The Hall–Kier alpha value is -2.83. The van der Waals surface area contributed by atoms with Gasteiger partial charge in [0.25, 0.3) is 0 Å². The summed E-state index contributed by atoms with van der Waals surface area (Å²) in [5.41, 5.74) is 0.0443. The standard InChI is InChI=1S/C20H27F2N3O7/c1-12(23-15(26)11-25-6-8-31-9-7-25)18(28)24-16(19(29)30-2)17(27)13-4-3-5-14(10-13)32-20(21)22/h3-5,10,12,16-17,20,27H,6-9,11H2,1-2H3,(H,23,26)(H,24,28)/t12-,16-,17+/m0/s1. The smallest absolute Gasteiger partial charge is 0.387 e. The number of carbonyl (C=O) groups is 3. The van der Waals surface area contributed by atoms with Gasteiger partial charge in [-0.15, -0.1) is 0 Å². The summed E-state index contributed by atoms with van der Waals surface area (Å²) in [4.78, 5) is 38.8. The Morgan fingerprint density at radius 3 is 2.53 bits per heavy atom. The van der Waals surface area contributed by atoms with Crippen LogP contribution in [0.4, 0.5) is 8.78 Å². The van der Waals surface area contributed by atoms with Crippen molar-refractivity contribution in [2.75, 3.05) is 40.0 Å². The molecule has 178 valence electrons. The summed E-state index contributed by atoms with van der Waals surface area (Å²) in [5.74, 6) is -2.32. The van der Waals surface area contributed by atoms with Gasteiger partial charge >= 0.3 is 12.6 Å². The molecule has 0 aromatic heterocycles. The maximum absolute atomic E-state index is 12.5. The molecule has 0 spiro atoms. The van der Waals surface area contributed by atoms with Crippen molar-refractivity contribution in [3.63, 3.8) is 0 Å². The van der Waals surface area contributed by atoms with Crippen LogP contribution in [0.15, 0.2) is 24.3 Å². The highest BCUT2D eigenvalue weighted by atomic mass is 19.3. The van der Waals surface area contributed by atoms with Crippen LogP contribution in [0, 0.1) is 0 Å². The Morgan fingerprint density at radius 2 is 1.91 bits per heavy atom. The first-order chi connectivity index (χ1) is 15.2. The quantitative estimate of drug-likeness (QED) is 0.412. The summed E-state index contributed by atoms with van der Waals surface area (Å²) in [6.07, 6.45) is -1.62. The lowest BCUT2D eigenvalue weighted by molar-refractivity contribution is -0.148. The fourth-order valence-electron chi connectivity index (χ4n) is 3.05. The van der Waals surface area contributed by atoms with E-state index in [0.29, 0.717) is 26.3 Å². The summed E-state index contributed by atoms with van der Waals surface area (Å²) >= 11 is 0. The van der Waals surface area contributed by atoms with E-state index in [1.807, 2.05) is 4.90 Å². The predicted octanol–water partition coefficient (Wildman–Crippen LogP) is -0.184. The molecule has 32 heavy (non-hydrogen) atoms. The molecular weight excluding hydrogens is 432 g/mol. The van der Waals surface area contributed by atoms with Gasteiger partial charge in [-0.2, -0.15) is 8.78 Å².